The maximum Gasteiger partial charge on any atom is 0.220 e. The second kappa shape index (κ2) is 12.3. The van der Waals surface area contributed by atoms with Gasteiger partial charge in [0, 0.05) is 30.1 Å². The Balaban J connectivity index is 1.21. The first-order valence-corrected chi connectivity index (χ1v) is 14.1. The summed E-state index contributed by atoms with van der Waals surface area (Å²) in [6.45, 7) is 1.40. The third-order valence-electron chi connectivity index (χ3n) is 7.68. The van der Waals surface area contributed by atoms with Gasteiger partial charge in [-0.05, 0) is 65.8 Å². The molecule has 1 amide bonds. The number of rotatable bonds is 10. The van der Waals surface area contributed by atoms with Crippen LogP contribution in [0.3, 0.4) is 0 Å². The van der Waals surface area contributed by atoms with Gasteiger partial charge in [-0.1, -0.05) is 72.8 Å². The molecule has 6 heteroatoms. The summed E-state index contributed by atoms with van der Waals surface area (Å²) in [4.78, 5) is 13.3. The molecule has 5 aromatic rings. The van der Waals surface area contributed by atoms with Crippen molar-refractivity contribution in [3.05, 3.63) is 132 Å². The zero-order valence-electron chi connectivity index (χ0n) is 22.8. The van der Waals surface area contributed by atoms with Gasteiger partial charge in [-0.2, -0.15) is 0 Å². The lowest BCUT2D eigenvalue weighted by Gasteiger charge is -2.26. The maximum atomic E-state index is 13.5. The molecule has 1 aliphatic rings. The zero-order valence-corrected chi connectivity index (χ0v) is 22.8. The third-order valence-corrected chi connectivity index (χ3v) is 7.68. The number of aryl methyl sites for hydroxylation is 1. The van der Waals surface area contributed by atoms with E-state index in [1.165, 1.54) is 17.7 Å². The number of halogens is 1. The van der Waals surface area contributed by atoms with Gasteiger partial charge >= 0.3 is 0 Å². The smallest absolute Gasteiger partial charge is 0.220 e. The summed E-state index contributed by atoms with van der Waals surface area (Å²) < 4.78 is 27.6. The van der Waals surface area contributed by atoms with Crippen molar-refractivity contribution < 1.29 is 18.7 Å². The highest BCUT2D eigenvalue weighted by molar-refractivity contribution is 5.86. The first-order chi connectivity index (χ1) is 20.1. The Morgan fingerprint density at radius 2 is 1.61 bits per heavy atom. The molecule has 0 aliphatic carbocycles. The highest BCUT2D eigenvalue weighted by Gasteiger charge is 2.24. The fourth-order valence-corrected chi connectivity index (χ4v) is 5.56. The fraction of sp³-hybridized carbons (Fsp3) is 0.229. The average molecular weight is 549 g/mol. The predicted octanol–water partition coefficient (Wildman–Crippen LogP) is 6.89. The van der Waals surface area contributed by atoms with Crippen LogP contribution in [-0.2, 0) is 17.8 Å². The number of amides is 1. The third kappa shape index (κ3) is 6.43. The number of nitrogens with zero attached hydrogens (tertiary/aromatic N) is 1. The van der Waals surface area contributed by atoms with E-state index in [1.54, 1.807) is 0 Å². The Kier molecular flexibility index (Phi) is 7.99. The summed E-state index contributed by atoms with van der Waals surface area (Å²) in [5, 5.41) is 4.24. The van der Waals surface area contributed by atoms with Crippen LogP contribution in [0.25, 0.3) is 10.9 Å². The Morgan fingerprint density at radius 3 is 2.44 bits per heavy atom. The largest absolute Gasteiger partial charge is 0.486 e. The molecule has 1 aromatic heterocycles. The average Bonchev–Trinajstić information content (AvgIpc) is 3.38. The van der Waals surface area contributed by atoms with Crippen molar-refractivity contribution in [1.29, 1.82) is 0 Å². The molecule has 0 unspecified atom stereocenters. The Labute approximate surface area is 239 Å². The lowest BCUT2D eigenvalue weighted by Crippen LogP contribution is -2.41. The molecule has 0 spiro atoms. The van der Waals surface area contributed by atoms with Crippen LogP contribution < -0.4 is 14.8 Å². The maximum absolute atomic E-state index is 13.5. The van der Waals surface area contributed by atoms with E-state index in [0.717, 1.165) is 40.6 Å². The number of hydrogen-bond donors (Lipinski definition) is 1. The molecular weight excluding hydrogens is 515 g/mol. The molecule has 1 N–H and O–H groups in total. The fourth-order valence-electron chi connectivity index (χ4n) is 5.56. The summed E-state index contributed by atoms with van der Waals surface area (Å²) in [5.41, 5.74) is 4.52. The minimum atomic E-state index is -0.242. The quantitative estimate of drug-likeness (QED) is 0.207. The van der Waals surface area contributed by atoms with Crippen molar-refractivity contribution in [2.24, 2.45) is 0 Å². The number of aromatic nitrogens is 1. The van der Waals surface area contributed by atoms with Crippen LogP contribution in [0.15, 0.2) is 109 Å². The number of ether oxygens (including phenoxy) is 2. The van der Waals surface area contributed by atoms with Crippen molar-refractivity contribution in [1.82, 2.24) is 9.88 Å². The molecule has 0 saturated heterocycles. The number of benzene rings is 4. The Bertz CT molecular complexity index is 1610. The highest BCUT2D eigenvalue weighted by Crippen LogP contribution is 2.34. The summed E-state index contributed by atoms with van der Waals surface area (Å²) in [7, 11) is 0. The van der Waals surface area contributed by atoms with Gasteiger partial charge < -0.3 is 19.4 Å². The lowest BCUT2D eigenvalue weighted by molar-refractivity contribution is -0.122. The number of nitrogens with one attached hydrogen (secondary N) is 1. The van der Waals surface area contributed by atoms with Gasteiger partial charge in [0.25, 0.3) is 0 Å². The summed E-state index contributed by atoms with van der Waals surface area (Å²) in [6, 6.07) is 32.9. The van der Waals surface area contributed by atoms with Crippen LogP contribution >= 0.6 is 0 Å². The van der Waals surface area contributed by atoms with Crippen molar-refractivity contribution >= 4 is 16.8 Å². The van der Waals surface area contributed by atoms with E-state index in [4.69, 9.17) is 9.47 Å². The second-order valence-electron chi connectivity index (χ2n) is 10.6. The predicted molar refractivity (Wildman–Crippen MR) is 159 cm³/mol. The minimum Gasteiger partial charge on any atom is -0.486 e. The highest BCUT2D eigenvalue weighted by atomic mass is 19.1. The standard InChI is InChI=1S/C35H33FN2O3/c36-28-18-15-26(16-19-28)22-38-23-31(30-10-4-5-11-32(30)38)27(17-14-25-8-2-1-3-9-25)20-35(39)37-21-29-24-40-33-12-6-7-13-34(33)41-29/h1-13,15-16,18-19,23,27,29H,14,17,20-22,24H2,(H,37,39)/t27-,29+/m1/s1. The molecule has 41 heavy (non-hydrogen) atoms. The van der Waals surface area contributed by atoms with Crippen LogP contribution in [0.1, 0.15) is 35.4 Å². The number of hydrogen-bond acceptors (Lipinski definition) is 3. The molecule has 0 bridgehead atoms. The van der Waals surface area contributed by atoms with E-state index in [1.807, 2.05) is 54.6 Å². The van der Waals surface area contributed by atoms with Crippen LogP contribution in [0.4, 0.5) is 4.39 Å². The summed E-state index contributed by atoms with van der Waals surface area (Å²) in [6.07, 6.45) is 3.99. The van der Waals surface area contributed by atoms with E-state index in [0.29, 0.717) is 31.9 Å². The molecular formula is C35H33FN2O3. The second-order valence-corrected chi connectivity index (χ2v) is 10.6. The molecule has 0 fully saturated rings. The number of para-hydroxylation sites is 3. The monoisotopic (exact) mass is 548 g/mol. The topological polar surface area (TPSA) is 52.5 Å². The van der Waals surface area contributed by atoms with Gasteiger partial charge in [-0.3, -0.25) is 4.79 Å². The first-order valence-electron chi connectivity index (χ1n) is 14.1. The van der Waals surface area contributed by atoms with Gasteiger partial charge in [0.1, 0.15) is 18.5 Å². The summed E-state index contributed by atoms with van der Waals surface area (Å²) >= 11 is 0. The van der Waals surface area contributed by atoms with Crippen molar-refractivity contribution in [3.8, 4) is 11.5 Å². The van der Waals surface area contributed by atoms with Crippen LogP contribution in [0, 0.1) is 5.82 Å². The van der Waals surface area contributed by atoms with Crippen LogP contribution in [-0.4, -0.2) is 29.7 Å². The molecule has 1 aliphatic heterocycles. The van der Waals surface area contributed by atoms with Crippen molar-refractivity contribution in [2.75, 3.05) is 13.2 Å². The molecule has 0 radical (unpaired) electrons. The van der Waals surface area contributed by atoms with E-state index < -0.39 is 0 Å². The molecule has 2 atom stereocenters. The number of carbonyl (C=O) groups is 1. The van der Waals surface area contributed by atoms with E-state index >= 15 is 0 Å². The Hall–Kier alpha value is -4.58. The molecule has 6 rings (SSSR count). The molecule has 5 nitrogen and oxygen atoms in total. The zero-order chi connectivity index (χ0) is 28.0. The lowest BCUT2D eigenvalue weighted by atomic mass is 9.89. The minimum absolute atomic E-state index is 0.0128. The number of carbonyl (C=O) groups excluding carboxylic acids is 1. The first kappa shape index (κ1) is 26.6. The van der Waals surface area contributed by atoms with Gasteiger partial charge in [0.15, 0.2) is 11.5 Å². The summed E-state index contributed by atoms with van der Waals surface area (Å²) in [5.74, 6) is 1.19. The van der Waals surface area contributed by atoms with E-state index in [-0.39, 0.29) is 23.7 Å². The Morgan fingerprint density at radius 1 is 0.878 bits per heavy atom. The van der Waals surface area contributed by atoms with E-state index in [9.17, 15) is 9.18 Å². The van der Waals surface area contributed by atoms with Gasteiger partial charge in [-0.15, -0.1) is 0 Å². The number of fused-ring (bicyclic) bond motifs is 2. The van der Waals surface area contributed by atoms with Gasteiger partial charge in [-0.25, -0.2) is 4.39 Å². The van der Waals surface area contributed by atoms with Crippen molar-refractivity contribution in [2.45, 2.75) is 37.8 Å². The van der Waals surface area contributed by atoms with Crippen LogP contribution in [0.5, 0.6) is 11.5 Å². The molecule has 2 heterocycles. The van der Waals surface area contributed by atoms with Gasteiger partial charge in [0.05, 0.1) is 6.54 Å². The molecule has 4 aromatic carbocycles. The molecule has 0 saturated carbocycles. The normalized spacial score (nSPS) is 15.0. The van der Waals surface area contributed by atoms with Crippen LogP contribution in [0.2, 0.25) is 0 Å². The molecule has 208 valence electrons. The van der Waals surface area contributed by atoms with Gasteiger partial charge in [0.2, 0.25) is 5.91 Å². The SMILES string of the molecule is O=C(C[C@@H](CCc1ccccc1)c1cn(Cc2ccc(F)cc2)c2ccccc12)NC[C@H]1COc2ccccc2O1. The van der Waals surface area contributed by atoms with Crippen molar-refractivity contribution in [3.63, 3.8) is 0 Å². The van der Waals surface area contributed by atoms with E-state index in [2.05, 4.69) is 52.5 Å².